The van der Waals surface area contributed by atoms with E-state index in [2.05, 4.69) is 87.6 Å². The molecule has 0 rings (SSSR count). The van der Waals surface area contributed by atoms with Crippen LogP contribution in [0.15, 0.2) is 122 Å². The van der Waals surface area contributed by atoms with Crippen molar-refractivity contribution in [3.63, 3.8) is 0 Å². The lowest BCUT2D eigenvalue weighted by atomic mass is 10.0. The molecule has 60 heavy (non-hydrogen) atoms. The summed E-state index contributed by atoms with van der Waals surface area (Å²) in [5.41, 5.74) is 0. The molecule has 1 unspecified atom stereocenters. The quantitative estimate of drug-likeness (QED) is 0.0201. The topological polar surface area (TPSA) is 78.9 Å². The van der Waals surface area contributed by atoms with E-state index in [-0.39, 0.29) is 38.0 Å². The zero-order valence-corrected chi connectivity index (χ0v) is 38.2. The average molecular weight is 829 g/mol. The van der Waals surface area contributed by atoms with Crippen LogP contribution in [0, 0.1) is 0 Å². The van der Waals surface area contributed by atoms with Gasteiger partial charge in [-0.05, 0) is 70.6 Å². The smallest absolute Gasteiger partial charge is 0.306 e. The van der Waals surface area contributed by atoms with Crippen LogP contribution in [0.5, 0.6) is 0 Å². The molecule has 336 valence electrons. The molecule has 0 aromatic carbocycles. The number of hydrogen-bond donors (Lipinski definition) is 0. The summed E-state index contributed by atoms with van der Waals surface area (Å²) < 4.78 is 16.6. The molecule has 0 radical (unpaired) electrons. The summed E-state index contributed by atoms with van der Waals surface area (Å²) in [4.78, 5) is 37.8. The van der Waals surface area contributed by atoms with E-state index in [0.717, 1.165) is 70.6 Å². The van der Waals surface area contributed by atoms with Gasteiger partial charge < -0.3 is 14.2 Å². The third-order valence-corrected chi connectivity index (χ3v) is 9.34. The van der Waals surface area contributed by atoms with Gasteiger partial charge in [0.25, 0.3) is 0 Å². The minimum atomic E-state index is -0.838. The third kappa shape index (κ3) is 44.9. The van der Waals surface area contributed by atoms with Crippen molar-refractivity contribution in [3.05, 3.63) is 122 Å². The molecule has 0 fully saturated rings. The Morgan fingerprint density at radius 3 is 1.22 bits per heavy atom. The number of rotatable bonds is 40. The van der Waals surface area contributed by atoms with Crippen LogP contribution in [0.25, 0.3) is 0 Å². The molecule has 0 heterocycles. The van der Waals surface area contributed by atoms with E-state index < -0.39 is 12.1 Å². The summed E-state index contributed by atoms with van der Waals surface area (Å²) in [6, 6.07) is 0. The van der Waals surface area contributed by atoms with Crippen LogP contribution in [0.3, 0.4) is 0 Å². The van der Waals surface area contributed by atoms with Crippen molar-refractivity contribution in [1.82, 2.24) is 0 Å². The Morgan fingerprint density at radius 2 is 0.733 bits per heavy atom. The normalized spacial score (nSPS) is 13.2. The molecule has 0 saturated carbocycles. The first-order valence-corrected chi connectivity index (χ1v) is 23.6. The Bertz CT molecular complexity index is 1320. The molecule has 0 amide bonds. The molecule has 0 aliphatic heterocycles. The first-order chi connectivity index (χ1) is 29.5. The van der Waals surface area contributed by atoms with Crippen molar-refractivity contribution in [2.45, 2.75) is 187 Å². The fourth-order valence-electron chi connectivity index (χ4n) is 5.86. The standard InChI is InChI=1S/C54H84O6/c1-4-7-10-13-16-19-22-25-26-27-28-30-32-35-38-41-44-47-53(56)59-50-51(49-58-52(55)46-43-40-37-34-31-24-21-18-15-12-9-6-3)60-54(57)48-45-42-39-36-33-29-23-20-17-14-11-8-5-2/h7-8,10-11,14,16-17,19-20,23,25-26,28-30,33,35-36,38-39,51H,4-6,9,12-13,15,18,21-22,24,27,31-32,34,37,40-50H2,1-3H3/b10-7-,11-8-,17-14-,19-16-,23-20-,26-25-,30-28-,33-29-,38-35-,39-36-. The second kappa shape index (κ2) is 47.5. The van der Waals surface area contributed by atoms with E-state index in [1.165, 1.54) is 57.8 Å². The number of carbonyl (C=O) groups excluding carboxylic acids is 3. The van der Waals surface area contributed by atoms with Crippen LogP contribution in [-0.2, 0) is 28.6 Å². The molecular weight excluding hydrogens is 745 g/mol. The van der Waals surface area contributed by atoms with Crippen LogP contribution < -0.4 is 0 Å². The maximum atomic E-state index is 12.7. The summed E-state index contributed by atoms with van der Waals surface area (Å²) in [5.74, 6) is -1.07. The molecule has 0 aliphatic rings. The second-order valence-corrected chi connectivity index (χ2v) is 15.0. The molecule has 0 spiro atoms. The Morgan fingerprint density at radius 1 is 0.367 bits per heavy atom. The van der Waals surface area contributed by atoms with Gasteiger partial charge in [0.15, 0.2) is 6.10 Å². The number of ether oxygens (including phenoxy) is 3. The lowest BCUT2D eigenvalue weighted by Crippen LogP contribution is -2.30. The van der Waals surface area contributed by atoms with E-state index in [1.807, 2.05) is 54.7 Å². The van der Waals surface area contributed by atoms with Crippen LogP contribution in [-0.4, -0.2) is 37.2 Å². The van der Waals surface area contributed by atoms with Crippen LogP contribution in [0.1, 0.15) is 181 Å². The minimum Gasteiger partial charge on any atom is -0.462 e. The number of carbonyl (C=O) groups is 3. The van der Waals surface area contributed by atoms with Gasteiger partial charge in [0.05, 0.1) is 0 Å². The Kier molecular flexibility index (Phi) is 44.2. The lowest BCUT2D eigenvalue weighted by molar-refractivity contribution is -0.167. The van der Waals surface area contributed by atoms with E-state index in [0.29, 0.717) is 19.3 Å². The van der Waals surface area contributed by atoms with Crippen molar-refractivity contribution >= 4 is 17.9 Å². The molecule has 1 atom stereocenters. The van der Waals surface area contributed by atoms with Crippen molar-refractivity contribution in [1.29, 1.82) is 0 Å². The molecule has 0 N–H and O–H groups in total. The molecule has 6 heteroatoms. The van der Waals surface area contributed by atoms with Gasteiger partial charge in [0.1, 0.15) is 13.2 Å². The van der Waals surface area contributed by atoms with Gasteiger partial charge in [-0.2, -0.15) is 0 Å². The highest BCUT2D eigenvalue weighted by atomic mass is 16.6. The molecule has 0 aromatic rings. The Hall–Kier alpha value is -4.19. The fourth-order valence-corrected chi connectivity index (χ4v) is 5.86. The van der Waals surface area contributed by atoms with Crippen molar-refractivity contribution in [2.24, 2.45) is 0 Å². The van der Waals surface area contributed by atoms with E-state index >= 15 is 0 Å². The molecule has 0 bridgehead atoms. The monoisotopic (exact) mass is 829 g/mol. The molecule has 0 aromatic heterocycles. The molecule has 0 aliphatic carbocycles. The number of allylic oxidation sites excluding steroid dienone is 20. The Labute approximate surface area is 367 Å². The second-order valence-electron chi connectivity index (χ2n) is 15.0. The summed E-state index contributed by atoms with van der Waals surface area (Å²) in [6.07, 6.45) is 64.8. The summed E-state index contributed by atoms with van der Waals surface area (Å²) in [5, 5.41) is 0. The van der Waals surface area contributed by atoms with Crippen molar-refractivity contribution < 1.29 is 28.6 Å². The Balaban J connectivity index is 4.60. The predicted molar refractivity (Wildman–Crippen MR) is 256 cm³/mol. The molecular formula is C54H84O6. The van der Waals surface area contributed by atoms with Crippen molar-refractivity contribution in [3.8, 4) is 0 Å². The van der Waals surface area contributed by atoms with Gasteiger partial charge in [-0.1, -0.05) is 213 Å². The zero-order valence-electron chi connectivity index (χ0n) is 38.2. The largest absolute Gasteiger partial charge is 0.462 e. The summed E-state index contributed by atoms with van der Waals surface area (Å²) in [7, 11) is 0. The summed E-state index contributed by atoms with van der Waals surface area (Å²) >= 11 is 0. The van der Waals surface area contributed by atoms with Gasteiger partial charge in [-0.25, -0.2) is 0 Å². The maximum Gasteiger partial charge on any atom is 0.306 e. The highest BCUT2D eigenvalue weighted by molar-refractivity contribution is 5.71. The zero-order chi connectivity index (χ0) is 43.7. The van der Waals surface area contributed by atoms with Crippen LogP contribution >= 0.6 is 0 Å². The van der Waals surface area contributed by atoms with Gasteiger partial charge in [-0.3, -0.25) is 14.4 Å². The predicted octanol–water partition coefficient (Wildman–Crippen LogP) is 15.4. The molecule has 0 saturated heterocycles. The maximum absolute atomic E-state index is 12.7. The van der Waals surface area contributed by atoms with Gasteiger partial charge in [0, 0.05) is 19.3 Å². The molecule has 6 nitrogen and oxygen atoms in total. The van der Waals surface area contributed by atoms with Crippen molar-refractivity contribution in [2.75, 3.05) is 13.2 Å². The number of hydrogen-bond acceptors (Lipinski definition) is 6. The number of esters is 3. The van der Waals surface area contributed by atoms with Gasteiger partial charge in [-0.15, -0.1) is 0 Å². The van der Waals surface area contributed by atoms with Crippen LogP contribution in [0.2, 0.25) is 0 Å². The fraction of sp³-hybridized carbons (Fsp3) is 0.574. The lowest BCUT2D eigenvalue weighted by Gasteiger charge is -2.18. The van der Waals surface area contributed by atoms with Gasteiger partial charge >= 0.3 is 17.9 Å². The first-order valence-electron chi connectivity index (χ1n) is 23.6. The van der Waals surface area contributed by atoms with Gasteiger partial charge in [0.2, 0.25) is 0 Å². The third-order valence-electron chi connectivity index (χ3n) is 9.34. The van der Waals surface area contributed by atoms with E-state index in [1.54, 1.807) is 0 Å². The van der Waals surface area contributed by atoms with Crippen LogP contribution in [0.4, 0.5) is 0 Å². The highest BCUT2D eigenvalue weighted by Crippen LogP contribution is 2.13. The van der Waals surface area contributed by atoms with E-state index in [4.69, 9.17) is 14.2 Å². The highest BCUT2D eigenvalue weighted by Gasteiger charge is 2.19. The number of unbranched alkanes of at least 4 members (excludes halogenated alkanes) is 13. The first kappa shape index (κ1) is 55.8. The SMILES string of the molecule is CC\C=C/C=C\C=C/C=C\C=C/CCCC(=O)OC(COC(=O)CCC/C=C\C/C=C\C/C=C\C/C=C\C/C=C\CC)COC(=O)CCCCCCCCCCCCCC. The minimum absolute atomic E-state index is 0.127. The summed E-state index contributed by atoms with van der Waals surface area (Å²) in [6.45, 7) is 6.23. The average Bonchev–Trinajstić information content (AvgIpc) is 3.24. The van der Waals surface area contributed by atoms with E-state index in [9.17, 15) is 14.4 Å².